The van der Waals surface area contributed by atoms with E-state index >= 15 is 0 Å². The second-order valence-corrected chi connectivity index (χ2v) is 8.34. The predicted octanol–water partition coefficient (Wildman–Crippen LogP) is 5.64. The van der Waals surface area contributed by atoms with Gasteiger partial charge in [-0.2, -0.15) is 0 Å². The van der Waals surface area contributed by atoms with Crippen molar-refractivity contribution in [2.45, 2.75) is 60.2 Å². The molecule has 3 rings (SSSR count). The Balaban J connectivity index is 1.99. The fourth-order valence-electron chi connectivity index (χ4n) is 4.22. The number of aromatic nitrogens is 1. The van der Waals surface area contributed by atoms with E-state index in [1.165, 1.54) is 0 Å². The number of carbonyl (C=O) groups excluding carboxylic acids is 1. The number of ketones is 1. The Labute approximate surface area is 144 Å². The highest BCUT2D eigenvalue weighted by atomic mass is 19.1. The van der Waals surface area contributed by atoms with Gasteiger partial charge in [-0.25, -0.2) is 4.39 Å². The highest BCUT2D eigenvalue weighted by Gasteiger charge is 2.68. The number of hydrogen-bond donors (Lipinski definition) is 0. The van der Waals surface area contributed by atoms with E-state index in [1.54, 1.807) is 0 Å². The number of Topliss-reactive ketones (excluding diaryl/α,β-unsaturated/α-hetero) is 1. The van der Waals surface area contributed by atoms with Gasteiger partial charge in [-0.05, 0) is 23.3 Å². The highest BCUT2D eigenvalue weighted by molar-refractivity contribution is 6.11. The van der Waals surface area contributed by atoms with Gasteiger partial charge in [-0.1, -0.05) is 59.2 Å². The van der Waals surface area contributed by atoms with E-state index in [1.807, 2.05) is 42.0 Å². The first-order valence-electron chi connectivity index (χ1n) is 8.98. The first-order chi connectivity index (χ1) is 11.2. The van der Waals surface area contributed by atoms with Gasteiger partial charge in [0.25, 0.3) is 0 Å². The smallest absolute Gasteiger partial charge is 0.169 e. The van der Waals surface area contributed by atoms with Gasteiger partial charge < -0.3 is 4.57 Å². The van der Waals surface area contributed by atoms with Gasteiger partial charge >= 0.3 is 0 Å². The Bertz CT molecular complexity index is 757. The van der Waals surface area contributed by atoms with Crippen molar-refractivity contribution in [3.63, 3.8) is 0 Å². The molecule has 0 radical (unpaired) electrons. The minimum absolute atomic E-state index is 0.0120. The zero-order valence-corrected chi connectivity index (χ0v) is 15.4. The number of carbonyl (C=O) groups is 1. The second kappa shape index (κ2) is 5.72. The van der Waals surface area contributed by atoms with E-state index < -0.39 is 6.17 Å². The Morgan fingerprint density at radius 2 is 1.83 bits per heavy atom. The molecule has 0 spiro atoms. The highest BCUT2D eigenvalue weighted by Crippen LogP contribution is 2.69. The number of rotatable bonds is 6. The van der Waals surface area contributed by atoms with Crippen molar-refractivity contribution in [2.24, 2.45) is 16.7 Å². The number of halogens is 1. The molecule has 1 atom stereocenters. The molecule has 0 N–H and O–H groups in total. The average molecular weight is 329 g/mol. The molecule has 1 saturated carbocycles. The molecule has 1 aromatic carbocycles. The molecule has 0 bridgehead atoms. The minimum atomic E-state index is -0.873. The molecular weight excluding hydrogens is 301 g/mol. The van der Waals surface area contributed by atoms with Crippen LogP contribution in [0.25, 0.3) is 10.9 Å². The van der Waals surface area contributed by atoms with E-state index in [0.717, 1.165) is 22.9 Å². The van der Waals surface area contributed by atoms with Crippen LogP contribution in [0.15, 0.2) is 30.5 Å². The molecule has 1 fully saturated rings. The summed E-state index contributed by atoms with van der Waals surface area (Å²) in [7, 11) is 0. The maximum atomic E-state index is 14.1. The largest absolute Gasteiger partial charge is 0.344 e. The first-order valence-corrected chi connectivity index (χ1v) is 8.98. The molecule has 2 nitrogen and oxygen atoms in total. The van der Waals surface area contributed by atoms with Crippen LogP contribution in [0.5, 0.6) is 0 Å². The second-order valence-electron chi connectivity index (χ2n) is 8.34. The molecule has 1 aromatic heterocycles. The molecule has 1 aliphatic rings. The molecule has 1 unspecified atom stereocenters. The molecule has 2 aromatic rings. The quantitative estimate of drug-likeness (QED) is 0.628. The number of hydrogen-bond acceptors (Lipinski definition) is 1. The number of nitrogens with zero attached hydrogens (tertiary/aromatic N) is 1. The monoisotopic (exact) mass is 329 g/mol. The van der Waals surface area contributed by atoms with Crippen molar-refractivity contribution < 1.29 is 9.18 Å². The van der Waals surface area contributed by atoms with Crippen LogP contribution in [0.3, 0.4) is 0 Å². The normalized spacial score (nSPS) is 20.2. The van der Waals surface area contributed by atoms with Crippen LogP contribution < -0.4 is 0 Å². The van der Waals surface area contributed by atoms with Crippen molar-refractivity contribution in [1.29, 1.82) is 0 Å². The summed E-state index contributed by atoms with van der Waals surface area (Å²) >= 11 is 0. The third-order valence-corrected chi connectivity index (χ3v) is 6.33. The zero-order chi connectivity index (χ0) is 17.7. The summed E-state index contributed by atoms with van der Waals surface area (Å²) in [5, 5.41) is 0.949. The topological polar surface area (TPSA) is 22.0 Å². The summed E-state index contributed by atoms with van der Waals surface area (Å²) in [5.41, 5.74) is 1.73. The summed E-state index contributed by atoms with van der Waals surface area (Å²) < 4.78 is 16.1. The van der Waals surface area contributed by atoms with Gasteiger partial charge in [-0.15, -0.1) is 0 Å². The van der Waals surface area contributed by atoms with Gasteiger partial charge in [-0.3, -0.25) is 4.79 Å². The molecule has 24 heavy (non-hydrogen) atoms. The Kier molecular flexibility index (Phi) is 4.09. The van der Waals surface area contributed by atoms with Gasteiger partial charge in [0.2, 0.25) is 0 Å². The molecule has 0 amide bonds. The summed E-state index contributed by atoms with van der Waals surface area (Å²) in [6.07, 6.45) is 2.39. The molecule has 130 valence electrons. The lowest BCUT2D eigenvalue weighted by Gasteiger charge is -2.09. The van der Waals surface area contributed by atoms with Crippen molar-refractivity contribution in [3.8, 4) is 0 Å². The van der Waals surface area contributed by atoms with E-state index in [4.69, 9.17) is 0 Å². The van der Waals surface area contributed by atoms with Crippen LogP contribution in [0, 0.1) is 16.7 Å². The summed E-state index contributed by atoms with van der Waals surface area (Å²) in [6.45, 7) is 11.0. The van der Waals surface area contributed by atoms with Gasteiger partial charge in [0.05, 0.1) is 6.54 Å². The van der Waals surface area contributed by atoms with Crippen molar-refractivity contribution in [3.05, 3.63) is 36.0 Å². The summed E-state index contributed by atoms with van der Waals surface area (Å²) in [4.78, 5) is 13.2. The molecule has 0 saturated heterocycles. The Morgan fingerprint density at radius 1 is 1.21 bits per heavy atom. The van der Waals surface area contributed by atoms with Crippen LogP contribution in [0.2, 0.25) is 0 Å². The van der Waals surface area contributed by atoms with E-state index in [0.29, 0.717) is 13.0 Å². The molecule has 1 heterocycles. The Hall–Kier alpha value is -1.64. The molecule has 3 heteroatoms. The average Bonchev–Trinajstić information content (AvgIpc) is 2.80. The SMILES string of the molecule is CCCC(F)Cn1cc(C(=O)C2C(C)(C)C2(C)C)c2ccccc21. The fourth-order valence-corrected chi connectivity index (χ4v) is 4.22. The third kappa shape index (κ3) is 2.49. The van der Waals surface area contributed by atoms with Crippen molar-refractivity contribution >= 4 is 16.7 Å². The standard InChI is InChI=1S/C21H28FNO/c1-6-9-14(22)12-23-13-16(15-10-7-8-11-17(15)23)18(24)19-20(2,3)21(19,4)5/h7-8,10-11,13-14,19H,6,9,12H2,1-5H3. The summed E-state index contributed by atoms with van der Waals surface area (Å²) in [5.74, 6) is 0.229. The maximum Gasteiger partial charge on any atom is 0.169 e. The zero-order valence-electron chi connectivity index (χ0n) is 15.4. The summed E-state index contributed by atoms with van der Waals surface area (Å²) in [6, 6.07) is 7.86. The van der Waals surface area contributed by atoms with E-state index in [-0.39, 0.29) is 22.5 Å². The lowest BCUT2D eigenvalue weighted by molar-refractivity contribution is 0.0946. The number of para-hydroxylation sites is 1. The molecular formula is C21H28FNO. The predicted molar refractivity (Wildman–Crippen MR) is 97.1 cm³/mol. The lowest BCUT2D eigenvalue weighted by Crippen LogP contribution is -2.11. The van der Waals surface area contributed by atoms with E-state index in [9.17, 15) is 9.18 Å². The number of alkyl halides is 1. The van der Waals surface area contributed by atoms with Crippen molar-refractivity contribution in [2.75, 3.05) is 0 Å². The van der Waals surface area contributed by atoms with Gasteiger partial charge in [0, 0.05) is 28.6 Å². The van der Waals surface area contributed by atoms with Crippen LogP contribution >= 0.6 is 0 Å². The Morgan fingerprint density at radius 3 is 2.42 bits per heavy atom. The van der Waals surface area contributed by atoms with Crippen LogP contribution in [-0.2, 0) is 6.54 Å². The number of benzene rings is 1. The van der Waals surface area contributed by atoms with E-state index in [2.05, 4.69) is 27.7 Å². The van der Waals surface area contributed by atoms with Crippen molar-refractivity contribution in [1.82, 2.24) is 4.57 Å². The minimum Gasteiger partial charge on any atom is -0.344 e. The molecule has 0 aliphatic heterocycles. The van der Waals surface area contributed by atoms with Crippen LogP contribution in [0.1, 0.15) is 57.8 Å². The first kappa shape index (κ1) is 17.2. The fraction of sp³-hybridized carbons (Fsp3) is 0.571. The maximum absolute atomic E-state index is 14.1. The van der Waals surface area contributed by atoms with Crippen LogP contribution in [-0.4, -0.2) is 16.5 Å². The van der Waals surface area contributed by atoms with Gasteiger partial charge in [0.15, 0.2) is 5.78 Å². The number of fused-ring (bicyclic) bond motifs is 1. The lowest BCUT2D eigenvalue weighted by atomic mass is 10.0. The van der Waals surface area contributed by atoms with Gasteiger partial charge in [0.1, 0.15) is 6.17 Å². The van der Waals surface area contributed by atoms with Crippen LogP contribution in [0.4, 0.5) is 4.39 Å². The molecule has 1 aliphatic carbocycles. The third-order valence-electron chi connectivity index (χ3n) is 6.33.